The van der Waals surface area contributed by atoms with Gasteiger partial charge in [-0.1, -0.05) is 18.2 Å². The van der Waals surface area contributed by atoms with Crippen molar-refractivity contribution in [2.75, 3.05) is 17.7 Å². The molecule has 0 saturated carbocycles. The zero-order chi connectivity index (χ0) is 16.7. The van der Waals surface area contributed by atoms with Gasteiger partial charge in [-0.3, -0.25) is 9.59 Å². The number of hydrogen-bond acceptors (Lipinski definition) is 3. The van der Waals surface area contributed by atoms with Crippen LogP contribution in [-0.4, -0.2) is 18.9 Å². The number of rotatable bonds is 5. The molecule has 0 aliphatic heterocycles. The second kappa shape index (κ2) is 7.79. The van der Waals surface area contributed by atoms with E-state index in [1.165, 1.54) is 6.08 Å². The molecule has 2 N–H and O–H groups in total. The van der Waals surface area contributed by atoms with Crippen molar-refractivity contribution in [2.24, 2.45) is 0 Å². The number of para-hydroxylation sites is 2. The van der Waals surface area contributed by atoms with Crippen molar-refractivity contribution >= 4 is 23.2 Å². The van der Waals surface area contributed by atoms with Crippen molar-refractivity contribution in [1.82, 2.24) is 0 Å². The van der Waals surface area contributed by atoms with Gasteiger partial charge in [-0.15, -0.1) is 0 Å². The number of nitrogens with one attached hydrogen (secondary N) is 2. The van der Waals surface area contributed by atoms with E-state index in [0.29, 0.717) is 22.7 Å². The number of allylic oxidation sites excluding steroid dienone is 1. The number of hydrogen-bond donors (Lipinski definition) is 2. The van der Waals surface area contributed by atoms with Gasteiger partial charge < -0.3 is 15.4 Å². The van der Waals surface area contributed by atoms with Gasteiger partial charge in [-0.05, 0) is 49.4 Å². The molecule has 0 heterocycles. The molecule has 0 saturated heterocycles. The van der Waals surface area contributed by atoms with Crippen molar-refractivity contribution in [3.8, 4) is 5.75 Å². The molecule has 2 aromatic carbocycles. The zero-order valence-corrected chi connectivity index (χ0v) is 13.0. The monoisotopic (exact) mass is 310 g/mol. The van der Waals surface area contributed by atoms with Crippen LogP contribution in [0.15, 0.2) is 60.7 Å². The summed E-state index contributed by atoms with van der Waals surface area (Å²) in [5.41, 5.74) is 1.72. The molecule has 2 aromatic rings. The maximum Gasteiger partial charge on any atom is 0.255 e. The van der Waals surface area contributed by atoms with E-state index in [9.17, 15) is 9.59 Å². The average molecular weight is 310 g/mol. The molecule has 118 valence electrons. The van der Waals surface area contributed by atoms with E-state index < -0.39 is 0 Å². The molecule has 2 rings (SSSR count). The molecule has 0 fully saturated rings. The number of methoxy groups -OCH3 is 1. The largest absolute Gasteiger partial charge is 0.495 e. The SMILES string of the molecule is C/C=C/C(=O)Nc1ccc(C(=O)Nc2ccccc2OC)cc1. The van der Waals surface area contributed by atoms with Crippen LogP contribution in [-0.2, 0) is 4.79 Å². The lowest BCUT2D eigenvalue weighted by molar-refractivity contribution is -0.111. The molecule has 0 aliphatic carbocycles. The number of ether oxygens (including phenoxy) is 1. The first-order valence-electron chi connectivity index (χ1n) is 7.12. The Labute approximate surface area is 135 Å². The Morgan fingerprint density at radius 3 is 2.35 bits per heavy atom. The Hall–Kier alpha value is -3.08. The maximum absolute atomic E-state index is 12.3. The summed E-state index contributed by atoms with van der Waals surface area (Å²) in [5, 5.41) is 5.50. The minimum atomic E-state index is -0.249. The first-order chi connectivity index (χ1) is 11.1. The first kappa shape index (κ1) is 16.3. The highest BCUT2D eigenvalue weighted by Gasteiger charge is 2.09. The highest BCUT2D eigenvalue weighted by Crippen LogP contribution is 2.23. The van der Waals surface area contributed by atoms with E-state index >= 15 is 0 Å². The van der Waals surface area contributed by atoms with E-state index in [0.717, 1.165) is 0 Å². The zero-order valence-electron chi connectivity index (χ0n) is 13.0. The van der Waals surface area contributed by atoms with Gasteiger partial charge in [0.05, 0.1) is 12.8 Å². The number of amides is 2. The Morgan fingerprint density at radius 2 is 1.70 bits per heavy atom. The molecule has 0 spiro atoms. The molecule has 0 bridgehead atoms. The highest BCUT2D eigenvalue weighted by molar-refractivity contribution is 6.05. The van der Waals surface area contributed by atoms with Crippen LogP contribution >= 0.6 is 0 Å². The maximum atomic E-state index is 12.3. The van der Waals surface area contributed by atoms with Crippen molar-refractivity contribution in [3.05, 3.63) is 66.2 Å². The fraction of sp³-hybridized carbons (Fsp3) is 0.111. The first-order valence-corrected chi connectivity index (χ1v) is 7.12. The summed E-state index contributed by atoms with van der Waals surface area (Å²) >= 11 is 0. The molecule has 0 atom stereocenters. The van der Waals surface area contributed by atoms with Gasteiger partial charge in [-0.25, -0.2) is 0 Å². The normalized spacial score (nSPS) is 10.3. The second-order valence-corrected chi connectivity index (χ2v) is 4.72. The Bertz CT molecular complexity index is 721. The van der Waals surface area contributed by atoms with Gasteiger partial charge in [-0.2, -0.15) is 0 Å². The molecule has 0 unspecified atom stereocenters. The van der Waals surface area contributed by atoms with Crippen LogP contribution in [0.2, 0.25) is 0 Å². The number of carbonyl (C=O) groups excluding carboxylic acids is 2. The number of carbonyl (C=O) groups is 2. The van der Waals surface area contributed by atoms with Gasteiger partial charge in [0.15, 0.2) is 0 Å². The van der Waals surface area contributed by atoms with Gasteiger partial charge >= 0.3 is 0 Å². The predicted molar refractivity (Wildman–Crippen MR) is 90.8 cm³/mol. The van der Waals surface area contributed by atoms with E-state index in [2.05, 4.69) is 10.6 Å². The standard InChI is InChI=1S/C18H18N2O3/c1-3-6-17(21)19-14-11-9-13(10-12-14)18(22)20-15-7-4-5-8-16(15)23-2/h3-12H,1-2H3,(H,19,21)(H,20,22)/b6-3+. The molecule has 5 heteroatoms. The lowest BCUT2D eigenvalue weighted by Gasteiger charge is -2.10. The molecular weight excluding hydrogens is 292 g/mol. The lowest BCUT2D eigenvalue weighted by Crippen LogP contribution is -2.13. The molecule has 0 radical (unpaired) electrons. The Morgan fingerprint density at radius 1 is 1.00 bits per heavy atom. The minimum absolute atomic E-state index is 0.210. The molecule has 5 nitrogen and oxygen atoms in total. The second-order valence-electron chi connectivity index (χ2n) is 4.72. The summed E-state index contributed by atoms with van der Waals surface area (Å²) in [7, 11) is 1.55. The van der Waals surface area contributed by atoms with Crippen LogP contribution in [0.25, 0.3) is 0 Å². The van der Waals surface area contributed by atoms with Crippen LogP contribution in [0.1, 0.15) is 17.3 Å². The summed E-state index contributed by atoms with van der Waals surface area (Å²) in [6.45, 7) is 1.77. The van der Waals surface area contributed by atoms with Gasteiger partial charge in [0, 0.05) is 11.3 Å². The van der Waals surface area contributed by atoms with Crippen LogP contribution in [0.5, 0.6) is 5.75 Å². The number of anilines is 2. The summed E-state index contributed by atoms with van der Waals surface area (Å²) in [6.07, 6.45) is 3.09. The predicted octanol–water partition coefficient (Wildman–Crippen LogP) is 3.46. The third-order valence-electron chi connectivity index (χ3n) is 3.09. The molecule has 23 heavy (non-hydrogen) atoms. The molecular formula is C18H18N2O3. The summed E-state index contributed by atoms with van der Waals surface area (Å²) in [4.78, 5) is 23.7. The van der Waals surface area contributed by atoms with E-state index in [-0.39, 0.29) is 11.8 Å². The van der Waals surface area contributed by atoms with Crippen LogP contribution in [0.3, 0.4) is 0 Å². The van der Waals surface area contributed by atoms with Crippen LogP contribution < -0.4 is 15.4 Å². The Kier molecular flexibility index (Phi) is 5.52. The van der Waals surface area contributed by atoms with Crippen molar-refractivity contribution in [3.63, 3.8) is 0 Å². The van der Waals surface area contributed by atoms with Crippen LogP contribution in [0, 0.1) is 0 Å². The number of benzene rings is 2. The minimum Gasteiger partial charge on any atom is -0.495 e. The summed E-state index contributed by atoms with van der Waals surface area (Å²) in [6, 6.07) is 13.8. The van der Waals surface area contributed by atoms with Gasteiger partial charge in [0.25, 0.3) is 5.91 Å². The van der Waals surface area contributed by atoms with Crippen LogP contribution in [0.4, 0.5) is 11.4 Å². The summed E-state index contributed by atoms with van der Waals surface area (Å²) in [5.74, 6) is 0.135. The third kappa shape index (κ3) is 4.44. The fourth-order valence-corrected chi connectivity index (χ4v) is 1.98. The van der Waals surface area contributed by atoms with Crippen molar-refractivity contribution in [1.29, 1.82) is 0 Å². The topological polar surface area (TPSA) is 67.4 Å². The Balaban J connectivity index is 2.07. The molecule has 0 aromatic heterocycles. The van der Waals surface area contributed by atoms with E-state index in [1.54, 1.807) is 56.5 Å². The smallest absolute Gasteiger partial charge is 0.255 e. The van der Waals surface area contributed by atoms with Crippen molar-refractivity contribution in [2.45, 2.75) is 6.92 Å². The average Bonchev–Trinajstić information content (AvgIpc) is 2.56. The third-order valence-corrected chi connectivity index (χ3v) is 3.09. The molecule has 2 amide bonds. The lowest BCUT2D eigenvalue weighted by atomic mass is 10.2. The quantitative estimate of drug-likeness (QED) is 0.831. The van der Waals surface area contributed by atoms with E-state index in [1.807, 2.05) is 12.1 Å². The van der Waals surface area contributed by atoms with Crippen molar-refractivity contribution < 1.29 is 14.3 Å². The van der Waals surface area contributed by atoms with Gasteiger partial charge in [0.2, 0.25) is 5.91 Å². The fourth-order valence-electron chi connectivity index (χ4n) is 1.98. The highest BCUT2D eigenvalue weighted by atomic mass is 16.5. The molecule has 0 aliphatic rings. The van der Waals surface area contributed by atoms with Gasteiger partial charge in [0.1, 0.15) is 5.75 Å². The summed E-state index contributed by atoms with van der Waals surface area (Å²) < 4.78 is 5.20. The van der Waals surface area contributed by atoms with E-state index in [4.69, 9.17) is 4.74 Å².